The van der Waals surface area contributed by atoms with Crippen LogP contribution in [0, 0.1) is 10.1 Å². The van der Waals surface area contributed by atoms with Gasteiger partial charge in [-0.05, 0) is 6.92 Å². The molecule has 0 aliphatic carbocycles. The molecule has 112 valence electrons. The first-order valence-electron chi connectivity index (χ1n) is 6.45. The van der Waals surface area contributed by atoms with Crippen LogP contribution < -0.4 is 0 Å². The number of hydrogen-bond donors (Lipinski definition) is 0. The van der Waals surface area contributed by atoms with Crippen LogP contribution in [-0.2, 0) is 25.4 Å². The topological polar surface area (TPSA) is 87.9 Å². The average Bonchev–Trinajstić information content (AvgIpc) is 2.87. The Morgan fingerprint density at radius 3 is 2.62 bits per heavy atom. The van der Waals surface area contributed by atoms with Gasteiger partial charge in [0.1, 0.15) is 18.9 Å². The van der Waals surface area contributed by atoms with Crippen molar-refractivity contribution in [3.05, 3.63) is 52.5 Å². The molecule has 0 bridgehead atoms. The van der Waals surface area contributed by atoms with Crippen LogP contribution in [0.4, 0.5) is 5.69 Å². The van der Waals surface area contributed by atoms with Gasteiger partial charge in [-0.15, -0.1) is 0 Å². The highest BCUT2D eigenvalue weighted by molar-refractivity contribution is 5.70. The Bertz CT molecular complexity index is 560. The summed E-state index contributed by atoms with van der Waals surface area (Å²) < 4.78 is 15.6. The van der Waals surface area contributed by atoms with Gasteiger partial charge >= 0.3 is 5.97 Å². The van der Waals surface area contributed by atoms with Gasteiger partial charge in [-0.1, -0.05) is 18.2 Å². The fourth-order valence-electron chi connectivity index (χ4n) is 2.12. The SMILES string of the molecule is CCOC(=O)CC1(Cc2ccccc2[N+](=O)[O-])OC=CO1. The molecule has 1 aromatic carbocycles. The third kappa shape index (κ3) is 3.50. The van der Waals surface area contributed by atoms with Gasteiger partial charge in [0, 0.05) is 11.6 Å². The molecule has 0 amide bonds. The van der Waals surface area contributed by atoms with Crippen LogP contribution in [0.5, 0.6) is 0 Å². The molecule has 7 heteroatoms. The molecule has 21 heavy (non-hydrogen) atoms. The lowest BCUT2D eigenvalue weighted by molar-refractivity contribution is -0.386. The maximum atomic E-state index is 11.7. The molecule has 1 aliphatic heterocycles. The van der Waals surface area contributed by atoms with E-state index in [-0.39, 0.29) is 25.1 Å². The lowest BCUT2D eigenvalue weighted by atomic mass is 10.0. The maximum Gasteiger partial charge on any atom is 0.313 e. The first-order chi connectivity index (χ1) is 10.1. The van der Waals surface area contributed by atoms with Crippen molar-refractivity contribution in [1.29, 1.82) is 0 Å². The van der Waals surface area contributed by atoms with Crippen LogP contribution in [0.15, 0.2) is 36.8 Å². The number of carbonyl (C=O) groups is 1. The van der Waals surface area contributed by atoms with E-state index in [0.717, 1.165) is 0 Å². The standard InChI is InChI=1S/C14H15NO6/c1-2-19-13(16)10-14(20-7-8-21-14)9-11-5-3-4-6-12(11)15(17)18/h3-8H,2,9-10H2,1H3. The van der Waals surface area contributed by atoms with Crippen LogP contribution in [-0.4, -0.2) is 23.3 Å². The van der Waals surface area contributed by atoms with Gasteiger partial charge in [0.15, 0.2) is 0 Å². The number of nitro benzene ring substituents is 1. The number of rotatable bonds is 6. The third-order valence-electron chi connectivity index (χ3n) is 2.99. The molecule has 0 unspecified atom stereocenters. The van der Waals surface area contributed by atoms with Crippen molar-refractivity contribution >= 4 is 11.7 Å². The van der Waals surface area contributed by atoms with Crippen LogP contribution >= 0.6 is 0 Å². The summed E-state index contributed by atoms with van der Waals surface area (Å²) in [5.74, 6) is -1.78. The highest BCUT2D eigenvalue weighted by Gasteiger charge is 2.41. The summed E-state index contributed by atoms with van der Waals surface area (Å²) >= 11 is 0. The van der Waals surface area contributed by atoms with E-state index < -0.39 is 16.7 Å². The molecule has 7 nitrogen and oxygen atoms in total. The lowest BCUT2D eigenvalue weighted by Crippen LogP contribution is -2.36. The zero-order valence-corrected chi connectivity index (χ0v) is 11.5. The number of benzene rings is 1. The Kier molecular flexibility index (Phi) is 4.42. The van der Waals surface area contributed by atoms with Crippen LogP contribution in [0.25, 0.3) is 0 Å². The second-order valence-corrected chi connectivity index (χ2v) is 4.46. The van der Waals surface area contributed by atoms with Gasteiger partial charge in [0.25, 0.3) is 11.5 Å². The molecule has 1 aromatic rings. The molecule has 1 heterocycles. The quantitative estimate of drug-likeness (QED) is 0.454. The van der Waals surface area contributed by atoms with Crippen LogP contribution in [0.2, 0.25) is 0 Å². The van der Waals surface area contributed by atoms with E-state index in [4.69, 9.17) is 14.2 Å². The Balaban J connectivity index is 2.21. The monoisotopic (exact) mass is 293 g/mol. The summed E-state index contributed by atoms with van der Waals surface area (Å²) in [7, 11) is 0. The maximum absolute atomic E-state index is 11.7. The van der Waals surface area contributed by atoms with Gasteiger partial charge < -0.3 is 14.2 Å². The van der Waals surface area contributed by atoms with Crippen molar-refractivity contribution in [3.63, 3.8) is 0 Å². The normalized spacial score (nSPS) is 15.1. The zero-order valence-electron chi connectivity index (χ0n) is 11.5. The fourth-order valence-corrected chi connectivity index (χ4v) is 2.12. The van der Waals surface area contributed by atoms with E-state index in [9.17, 15) is 14.9 Å². The molecular formula is C14H15NO6. The summed E-state index contributed by atoms with van der Waals surface area (Å²) in [6, 6.07) is 6.27. The van der Waals surface area contributed by atoms with Crippen molar-refractivity contribution in [3.8, 4) is 0 Å². The molecule has 1 aliphatic rings. The van der Waals surface area contributed by atoms with Crippen molar-refractivity contribution in [2.24, 2.45) is 0 Å². The minimum Gasteiger partial charge on any atom is -0.466 e. The Morgan fingerprint density at radius 2 is 2.00 bits per heavy atom. The molecule has 0 fully saturated rings. The second-order valence-electron chi connectivity index (χ2n) is 4.46. The molecule has 0 N–H and O–H groups in total. The molecule has 2 rings (SSSR count). The zero-order chi connectivity index (χ0) is 15.3. The molecule has 0 spiro atoms. The van der Waals surface area contributed by atoms with Gasteiger partial charge in [0.05, 0.1) is 18.0 Å². The number of nitrogens with zero attached hydrogens (tertiary/aromatic N) is 1. The predicted molar refractivity (Wildman–Crippen MR) is 72.1 cm³/mol. The molecule has 0 saturated carbocycles. The Labute approximate surface area is 121 Å². The van der Waals surface area contributed by atoms with E-state index in [1.165, 1.54) is 18.6 Å². The number of nitro groups is 1. The Hall–Kier alpha value is -2.57. The number of ether oxygens (including phenoxy) is 3. The summed E-state index contributed by atoms with van der Waals surface area (Å²) in [4.78, 5) is 22.2. The lowest BCUT2D eigenvalue weighted by Gasteiger charge is -2.26. The van der Waals surface area contributed by atoms with E-state index in [1.807, 2.05) is 0 Å². The van der Waals surface area contributed by atoms with Gasteiger partial charge in [-0.3, -0.25) is 14.9 Å². The number of para-hydroxylation sites is 1. The highest BCUT2D eigenvalue weighted by atomic mass is 16.7. The first-order valence-corrected chi connectivity index (χ1v) is 6.45. The molecule has 0 atom stereocenters. The first kappa shape index (κ1) is 14.8. The number of esters is 1. The minimum atomic E-state index is -1.29. The summed E-state index contributed by atoms with van der Waals surface area (Å²) in [6.07, 6.45) is 2.54. The van der Waals surface area contributed by atoms with Gasteiger partial charge in [-0.25, -0.2) is 0 Å². The largest absolute Gasteiger partial charge is 0.466 e. The van der Waals surface area contributed by atoms with Crippen molar-refractivity contribution in [2.45, 2.75) is 25.6 Å². The minimum absolute atomic E-state index is 0.0418. The van der Waals surface area contributed by atoms with Crippen molar-refractivity contribution in [2.75, 3.05) is 6.61 Å². The predicted octanol–water partition coefficient (Wildman–Crippen LogP) is 2.30. The van der Waals surface area contributed by atoms with Crippen LogP contribution in [0.3, 0.4) is 0 Å². The molecular weight excluding hydrogens is 278 g/mol. The smallest absolute Gasteiger partial charge is 0.313 e. The van der Waals surface area contributed by atoms with Crippen LogP contribution in [0.1, 0.15) is 18.9 Å². The van der Waals surface area contributed by atoms with E-state index >= 15 is 0 Å². The summed E-state index contributed by atoms with van der Waals surface area (Å²) in [5.41, 5.74) is 0.385. The molecule has 0 saturated heterocycles. The molecule has 0 aromatic heterocycles. The molecule has 0 radical (unpaired) electrons. The van der Waals surface area contributed by atoms with E-state index in [2.05, 4.69) is 0 Å². The average molecular weight is 293 g/mol. The fraction of sp³-hybridized carbons (Fsp3) is 0.357. The number of carbonyl (C=O) groups excluding carboxylic acids is 1. The van der Waals surface area contributed by atoms with Gasteiger partial charge in [-0.2, -0.15) is 0 Å². The van der Waals surface area contributed by atoms with E-state index in [1.54, 1.807) is 25.1 Å². The van der Waals surface area contributed by atoms with Crippen molar-refractivity contribution in [1.82, 2.24) is 0 Å². The van der Waals surface area contributed by atoms with E-state index in [0.29, 0.717) is 5.56 Å². The second kappa shape index (κ2) is 6.25. The van der Waals surface area contributed by atoms with Gasteiger partial charge in [0.2, 0.25) is 0 Å². The summed E-state index contributed by atoms with van der Waals surface area (Å²) in [5, 5.41) is 11.0. The number of hydrogen-bond acceptors (Lipinski definition) is 6. The summed E-state index contributed by atoms with van der Waals surface area (Å²) in [6.45, 7) is 1.94. The highest BCUT2D eigenvalue weighted by Crippen LogP contribution is 2.32. The van der Waals surface area contributed by atoms with Crippen molar-refractivity contribution < 1.29 is 23.9 Å². The third-order valence-corrected chi connectivity index (χ3v) is 2.99. The Morgan fingerprint density at radius 1 is 1.33 bits per heavy atom.